The molecule has 2 nitrogen and oxygen atoms in total. The van der Waals surface area contributed by atoms with Gasteiger partial charge in [-0.3, -0.25) is 0 Å². The summed E-state index contributed by atoms with van der Waals surface area (Å²) in [5.41, 5.74) is 0. The Kier molecular flexibility index (Phi) is 4.26. The molecule has 0 aromatic carbocycles. The minimum atomic E-state index is 0.718. The van der Waals surface area contributed by atoms with E-state index < -0.39 is 0 Å². The average Bonchev–Trinajstić information content (AvgIpc) is 2.47. The first-order valence-electron chi connectivity index (χ1n) is 4.12. The third-order valence-electron chi connectivity index (χ3n) is 2.26. The van der Waals surface area contributed by atoms with Crippen molar-refractivity contribution in [1.29, 1.82) is 0 Å². The summed E-state index contributed by atoms with van der Waals surface area (Å²) in [6.45, 7) is 0.906. The van der Waals surface area contributed by atoms with Crippen LogP contribution < -0.4 is 5.32 Å². The Morgan fingerprint density at radius 2 is 2.36 bits per heavy atom. The Hall–Kier alpha value is 0.270. The monoisotopic (exact) mass is 175 g/mol. The first kappa shape index (κ1) is 9.36. The third-order valence-corrected chi connectivity index (χ3v) is 3.52. The summed E-state index contributed by atoms with van der Waals surface area (Å²) in [5.74, 6) is 3.39. The molecule has 1 aliphatic rings. The van der Waals surface area contributed by atoms with Crippen LogP contribution in [0.4, 0.5) is 0 Å². The molecule has 2 unspecified atom stereocenters. The van der Waals surface area contributed by atoms with Crippen LogP contribution in [0.5, 0.6) is 0 Å². The maximum atomic E-state index is 5.06. The molecular weight excluding hydrogens is 158 g/mol. The number of ether oxygens (including phenoxy) is 1. The quantitative estimate of drug-likeness (QED) is 0.688. The van der Waals surface area contributed by atoms with Crippen LogP contribution in [0.15, 0.2) is 0 Å². The van der Waals surface area contributed by atoms with Crippen LogP contribution in [-0.2, 0) is 4.74 Å². The van der Waals surface area contributed by atoms with Crippen molar-refractivity contribution >= 4 is 11.8 Å². The van der Waals surface area contributed by atoms with Gasteiger partial charge in [0.15, 0.2) is 0 Å². The maximum Gasteiger partial charge on any atom is 0.0465 e. The van der Waals surface area contributed by atoms with Crippen molar-refractivity contribution in [3.05, 3.63) is 0 Å². The van der Waals surface area contributed by atoms with Gasteiger partial charge in [-0.2, -0.15) is 11.8 Å². The zero-order valence-corrected chi connectivity index (χ0v) is 8.12. The lowest BCUT2D eigenvalue weighted by Crippen LogP contribution is -2.32. The third kappa shape index (κ3) is 2.65. The number of methoxy groups -OCH3 is 1. The number of hydrogen-bond acceptors (Lipinski definition) is 3. The van der Waals surface area contributed by atoms with E-state index in [9.17, 15) is 0 Å². The van der Waals surface area contributed by atoms with Crippen molar-refractivity contribution in [2.24, 2.45) is 5.92 Å². The second kappa shape index (κ2) is 5.01. The fourth-order valence-electron chi connectivity index (χ4n) is 1.47. The topological polar surface area (TPSA) is 21.3 Å². The van der Waals surface area contributed by atoms with E-state index in [1.54, 1.807) is 7.11 Å². The SMILES string of the molecule is CNC1CSCC1CCOC. The summed E-state index contributed by atoms with van der Waals surface area (Å²) < 4.78 is 5.06. The molecule has 0 radical (unpaired) electrons. The van der Waals surface area contributed by atoms with Gasteiger partial charge in [-0.1, -0.05) is 0 Å². The van der Waals surface area contributed by atoms with E-state index in [2.05, 4.69) is 12.4 Å². The second-order valence-electron chi connectivity index (χ2n) is 2.97. The van der Waals surface area contributed by atoms with Crippen LogP contribution in [-0.4, -0.2) is 38.3 Å². The number of thioether (sulfide) groups is 1. The van der Waals surface area contributed by atoms with E-state index in [1.165, 1.54) is 17.9 Å². The van der Waals surface area contributed by atoms with Gasteiger partial charge in [0, 0.05) is 25.5 Å². The van der Waals surface area contributed by atoms with Crippen LogP contribution in [0.1, 0.15) is 6.42 Å². The molecule has 3 heteroatoms. The molecule has 0 bridgehead atoms. The molecule has 1 saturated heterocycles. The highest BCUT2D eigenvalue weighted by atomic mass is 32.2. The molecule has 1 aliphatic heterocycles. The summed E-state index contributed by atoms with van der Waals surface area (Å²) in [6.07, 6.45) is 1.20. The van der Waals surface area contributed by atoms with Gasteiger partial charge in [0.1, 0.15) is 0 Å². The van der Waals surface area contributed by atoms with Crippen LogP contribution in [0.3, 0.4) is 0 Å². The molecule has 1 fully saturated rings. The molecule has 1 N–H and O–H groups in total. The Morgan fingerprint density at radius 3 is 3.00 bits per heavy atom. The van der Waals surface area contributed by atoms with Gasteiger partial charge in [-0.15, -0.1) is 0 Å². The Balaban J connectivity index is 2.20. The zero-order chi connectivity index (χ0) is 8.10. The van der Waals surface area contributed by atoms with E-state index in [4.69, 9.17) is 4.74 Å². The summed E-state index contributed by atoms with van der Waals surface area (Å²) in [7, 11) is 3.83. The molecule has 2 atom stereocenters. The van der Waals surface area contributed by atoms with Crippen LogP contribution in [0.2, 0.25) is 0 Å². The predicted molar refractivity (Wildman–Crippen MR) is 50.2 cm³/mol. The van der Waals surface area contributed by atoms with E-state index in [-0.39, 0.29) is 0 Å². The zero-order valence-electron chi connectivity index (χ0n) is 7.30. The highest BCUT2D eigenvalue weighted by molar-refractivity contribution is 7.99. The molecule has 0 aromatic rings. The van der Waals surface area contributed by atoms with Crippen LogP contribution in [0, 0.1) is 5.92 Å². The van der Waals surface area contributed by atoms with Gasteiger partial charge in [0.25, 0.3) is 0 Å². The Labute approximate surface area is 73.1 Å². The average molecular weight is 175 g/mol. The van der Waals surface area contributed by atoms with Crippen molar-refractivity contribution < 1.29 is 4.74 Å². The smallest absolute Gasteiger partial charge is 0.0465 e. The lowest BCUT2D eigenvalue weighted by atomic mass is 10.0. The Morgan fingerprint density at radius 1 is 1.55 bits per heavy atom. The highest BCUT2D eigenvalue weighted by Gasteiger charge is 2.25. The predicted octanol–water partition coefficient (Wildman–Crippen LogP) is 0.974. The largest absolute Gasteiger partial charge is 0.385 e. The highest BCUT2D eigenvalue weighted by Crippen LogP contribution is 2.26. The van der Waals surface area contributed by atoms with E-state index in [0.29, 0.717) is 0 Å². The lowest BCUT2D eigenvalue weighted by Gasteiger charge is -2.16. The van der Waals surface area contributed by atoms with Crippen molar-refractivity contribution in [1.82, 2.24) is 5.32 Å². The van der Waals surface area contributed by atoms with Crippen molar-refractivity contribution in [3.63, 3.8) is 0 Å². The number of hydrogen-bond donors (Lipinski definition) is 1. The van der Waals surface area contributed by atoms with Gasteiger partial charge >= 0.3 is 0 Å². The van der Waals surface area contributed by atoms with E-state index >= 15 is 0 Å². The first-order valence-corrected chi connectivity index (χ1v) is 5.28. The standard InChI is InChI=1S/C8H17NOS/c1-9-8-6-11-5-7(8)3-4-10-2/h7-9H,3-6H2,1-2H3. The van der Waals surface area contributed by atoms with Gasteiger partial charge in [-0.05, 0) is 25.1 Å². The molecule has 0 aromatic heterocycles. The van der Waals surface area contributed by atoms with E-state index in [0.717, 1.165) is 18.6 Å². The summed E-state index contributed by atoms with van der Waals surface area (Å²) >= 11 is 2.05. The minimum Gasteiger partial charge on any atom is -0.385 e. The van der Waals surface area contributed by atoms with Crippen LogP contribution in [0.25, 0.3) is 0 Å². The molecule has 0 aliphatic carbocycles. The van der Waals surface area contributed by atoms with Gasteiger partial charge in [0.2, 0.25) is 0 Å². The molecule has 1 rings (SSSR count). The minimum absolute atomic E-state index is 0.718. The maximum absolute atomic E-state index is 5.06. The molecule has 1 heterocycles. The molecule has 0 saturated carbocycles. The van der Waals surface area contributed by atoms with Gasteiger partial charge in [-0.25, -0.2) is 0 Å². The summed E-state index contributed by atoms with van der Waals surface area (Å²) in [6, 6.07) is 0.718. The van der Waals surface area contributed by atoms with Crippen LogP contribution >= 0.6 is 11.8 Å². The first-order chi connectivity index (χ1) is 5.38. The molecule has 11 heavy (non-hydrogen) atoms. The van der Waals surface area contributed by atoms with Gasteiger partial charge < -0.3 is 10.1 Å². The summed E-state index contributed by atoms with van der Waals surface area (Å²) in [5, 5.41) is 3.35. The lowest BCUT2D eigenvalue weighted by molar-refractivity contribution is 0.176. The van der Waals surface area contributed by atoms with Crippen molar-refractivity contribution in [3.8, 4) is 0 Å². The molecule has 0 amide bonds. The fourth-order valence-corrected chi connectivity index (χ4v) is 3.00. The summed E-state index contributed by atoms with van der Waals surface area (Å²) in [4.78, 5) is 0. The molecular formula is C8H17NOS. The fraction of sp³-hybridized carbons (Fsp3) is 1.00. The van der Waals surface area contributed by atoms with Crippen molar-refractivity contribution in [2.45, 2.75) is 12.5 Å². The normalized spacial score (nSPS) is 31.1. The van der Waals surface area contributed by atoms with Gasteiger partial charge in [0.05, 0.1) is 0 Å². The number of nitrogens with one attached hydrogen (secondary N) is 1. The Bertz CT molecular complexity index is 110. The number of rotatable bonds is 4. The second-order valence-corrected chi connectivity index (χ2v) is 4.05. The molecule has 66 valence electrons. The molecule has 0 spiro atoms. The van der Waals surface area contributed by atoms with Crippen molar-refractivity contribution in [2.75, 3.05) is 32.3 Å². The van der Waals surface area contributed by atoms with E-state index in [1.807, 2.05) is 11.8 Å².